The van der Waals surface area contributed by atoms with Gasteiger partial charge in [-0.05, 0) is 28.1 Å². The molecule has 0 unspecified atom stereocenters. The first-order chi connectivity index (χ1) is 7.66. The molecule has 5 nitrogen and oxygen atoms in total. The van der Waals surface area contributed by atoms with Crippen LogP contribution in [0.4, 0.5) is 5.69 Å². The van der Waals surface area contributed by atoms with Crippen LogP contribution in [-0.4, -0.2) is 20.7 Å². The Labute approximate surface area is 101 Å². The molecule has 82 valence electrons. The number of hydrogen-bond acceptors (Lipinski definition) is 3. The van der Waals surface area contributed by atoms with Gasteiger partial charge in [-0.1, -0.05) is 0 Å². The average molecular weight is 281 g/mol. The number of aromatic nitrogens is 3. The molecule has 0 aliphatic heterocycles. The summed E-state index contributed by atoms with van der Waals surface area (Å²) in [6.45, 7) is 0. The lowest BCUT2D eigenvalue weighted by Gasteiger charge is -2.01. The maximum Gasteiger partial charge on any atom is 0.277 e. The lowest BCUT2D eigenvalue weighted by molar-refractivity contribution is 0.102. The minimum Gasteiger partial charge on any atom is -0.319 e. The lowest BCUT2D eigenvalue weighted by atomic mass is 10.3. The molecule has 0 aromatic carbocycles. The normalized spacial score (nSPS) is 10.1. The Kier molecular flexibility index (Phi) is 3.00. The Morgan fingerprint density at radius 2 is 2.38 bits per heavy atom. The first-order valence-corrected chi connectivity index (χ1v) is 5.36. The predicted octanol–water partition coefficient (Wildman–Crippen LogP) is 1.83. The number of hydrogen-bond donors (Lipinski definition) is 1. The van der Waals surface area contributed by atoms with Crippen LogP contribution < -0.4 is 5.32 Å². The summed E-state index contributed by atoms with van der Waals surface area (Å²) in [5.74, 6) is -0.263. The second-order valence-corrected chi connectivity index (χ2v) is 4.05. The molecule has 0 saturated heterocycles. The van der Waals surface area contributed by atoms with Gasteiger partial charge >= 0.3 is 0 Å². The topological polar surface area (TPSA) is 59.8 Å². The van der Waals surface area contributed by atoms with E-state index >= 15 is 0 Å². The fraction of sp³-hybridized carbons (Fsp3) is 0.100. The van der Waals surface area contributed by atoms with Gasteiger partial charge in [0.15, 0.2) is 5.69 Å². The van der Waals surface area contributed by atoms with E-state index < -0.39 is 0 Å². The van der Waals surface area contributed by atoms with Crippen LogP contribution in [0.3, 0.4) is 0 Å². The first-order valence-electron chi connectivity index (χ1n) is 4.57. The third-order valence-corrected chi connectivity index (χ3v) is 2.50. The van der Waals surface area contributed by atoms with Crippen molar-refractivity contribution >= 4 is 27.5 Å². The fourth-order valence-corrected chi connectivity index (χ4v) is 1.80. The standard InChI is InChI=1S/C10H9BrN4O/c1-15-6-8(11)9(14-15)10(16)13-7-3-2-4-12-5-7/h2-6H,1H3,(H,13,16). The van der Waals surface area contributed by atoms with Gasteiger partial charge in [0.05, 0.1) is 16.4 Å². The quantitative estimate of drug-likeness (QED) is 0.913. The van der Waals surface area contributed by atoms with E-state index in [1.165, 1.54) is 0 Å². The van der Waals surface area contributed by atoms with Crippen LogP contribution in [0.25, 0.3) is 0 Å². The Balaban J connectivity index is 2.18. The van der Waals surface area contributed by atoms with Crippen molar-refractivity contribution in [3.63, 3.8) is 0 Å². The molecular weight excluding hydrogens is 272 g/mol. The number of carbonyl (C=O) groups is 1. The third-order valence-electron chi connectivity index (χ3n) is 1.92. The molecule has 0 aliphatic rings. The third kappa shape index (κ3) is 2.27. The molecule has 0 radical (unpaired) electrons. The van der Waals surface area contributed by atoms with Crippen molar-refractivity contribution in [1.29, 1.82) is 0 Å². The number of amides is 1. The number of anilines is 1. The first kappa shape index (κ1) is 10.8. The van der Waals surface area contributed by atoms with Crippen molar-refractivity contribution in [2.75, 3.05) is 5.32 Å². The number of aryl methyl sites for hydroxylation is 1. The molecular formula is C10H9BrN4O. The smallest absolute Gasteiger partial charge is 0.277 e. The highest BCUT2D eigenvalue weighted by Crippen LogP contribution is 2.15. The highest BCUT2D eigenvalue weighted by atomic mass is 79.9. The monoisotopic (exact) mass is 280 g/mol. The van der Waals surface area contributed by atoms with Crippen LogP contribution in [0.2, 0.25) is 0 Å². The zero-order valence-electron chi connectivity index (χ0n) is 8.51. The molecule has 2 aromatic rings. The lowest BCUT2D eigenvalue weighted by Crippen LogP contribution is -2.13. The van der Waals surface area contributed by atoms with Crippen molar-refractivity contribution in [3.05, 3.63) is 40.9 Å². The van der Waals surface area contributed by atoms with E-state index in [1.54, 1.807) is 42.5 Å². The molecule has 0 spiro atoms. The van der Waals surface area contributed by atoms with Gasteiger partial charge in [0.2, 0.25) is 0 Å². The van der Waals surface area contributed by atoms with Gasteiger partial charge in [-0.15, -0.1) is 0 Å². The zero-order chi connectivity index (χ0) is 11.5. The van der Waals surface area contributed by atoms with E-state index in [1.807, 2.05) is 0 Å². The number of halogens is 1. The number of carbonyl (C=O) groups excluding carboxylic acids is 1. The molecule has 2 heterocycles. The summed E-state index contributed by atoms with van der Waals surface area (Å²) in [6.07, 6.45) is 4.94. The van der Waals surface area contributed by atoms with E-state index in [9.17, 15) is 4.79 Å². The molecule has 0 saturated carbocycles. The van der Waals surface area contributed by atoms with Gasteiger partial charge < -0.3 is 5.32 Å². The Morgan fingerprint density at radius 1 is 1.56 bits per heavy atom. The van der Waals surface area contributed by atoms with Gasteiger partial charge in [-0.3, -0.25) is 14.5 Å². The molecule has 0 fully saturated rings. The van der Waals surface area contributed by atoms with Crippen molar-refractivity contribution in [2.24, 2.45) is 7.05 Å². The second-order valence-electron chi connectivity index (χ2n) is 3.20. The maximum absolute atomic E-state index is 11.8. The molecule has 16 heavy (non-hydrogen) atoms. The molecule has 1 amide bonds. The van der Waals surface area contributed by atoms with Gasteiger partial charge in [0.25, 0.3) is 5.91 Å². The summed E-state index contributed by atoms with van der Waals surface area (Å²) in [6, 6.07) is 3.52. The minimum atomic E-state index is -0.263. The minimum absolute atomic E-state index is 0.263. The molecule has 6 heteroatoms. The second kappa shape index (κ2) is 4.44. The summed E-state index contributed by atoms with van der Waals surface area (Å²) in [5, 5.41) is 6.75. The summed E-state index contributed by atoms with van der Waals surface area (Å²) in [7, 11) is 1.76. The molecule has 2 rings (SSSR count). The number of nitrogens with one attached hydrogen (secondary N) is 1. The Morgan fingerprint density at radius 3 is 2.94 bits per heavy atom. The van der Waals surface area contributed by atoms with Crippen LogP contribution in [-0.2, 0) is 7.05 Å². The molecule has 0 atom stereocenters. The maximum atomic E-state index is 11.8. The van der Waals surface area contributed by atoms with Crippen molar-refractivity contribution in [1.82, 2.24) is 14.8 Å². The van der Waals surface area contributed by atoms with Crippen LogP contribution >= 0.6 is 15.9 Å². The van der Waals surface area contributed by atoms with E-state index in [-0.39, 0.29) is 5.91 Å². The summed E-state index contributed by atoms with van der Waals surface area (Å²) in [4.78, 5) is 15.7. The fourth-order valence-electron chi connectivity index (χ4n) is 1.24. The van der Waals surface area contributed by atoms with Crippen LogP contribution in [0.1, 0.15) is 10.5 Å². The molecule has 0 aliphatic carbocycles. The van der Waals surface area contributed by atoms with E-state index in [0.717, 1.165) is 0 Å². The SMILES string of the molecule is Cn1cc(Br)c(C(=O)Nc2cccnc2)n1. The van der Waals surface area contributed by atoms with Crippen LogP contribution in [0.5, 0.6) is 0 Å². The molecule has 1 N–H and O–H groups in total. The predicted molar refractivity (Wildman–Crippen MR) is 63.1 cm³/mol. The van der Waals surface area contributed by atoms with Crippen LogP contribution in [0.15, 0.2) is 35.2 Å². The average Bonchev–Trinajstić information content (AvgIpc) is 2.59. The van der Waals surface area contributed by atoms with E-state index in [2.05, 4.69) is 31.3 Å². The summed E-state index contributed by atoms with van der Waals surface area (Å²) in [5.41, 5.74) is 0.997. The van der Waals surface area contributed by atoms with Crippen molar-refractivity contribution in [2.45, 2.75) is 0 Å². The highest BCUT2D eigenvalue weighted by molar-refractivity contribution is 9.10. The molecule has 2 aromatic heterocycles. The van der Waals surface area contributed by atoms with Gasteiger partial charge in [0, 0.05) is 19.4 Å². The Hall–Kier alpha value is -1.69. The van der Waals surface area contributed by atoms with Crippen LogP contribution in [0, 0.1) is 0 Å². The number of rotatable bonds is 2. The molecule has 0 bridgehead atoms. The Bertz CT molecular complexity index is 509. The van der Waals surface area contributed by atoms with Gasteiger partial charge in [0.1, 0.15) is 0 Å². The largest absolute Gasteiger partial charge is 0.319 e. The van der Waals surface area contributed by atoms with Gasteiger partial charge in [-0.2, -0.15) is 5.10 Å². The van der Waals surface area contributed by atoms with E-state index in [4.69, 9.17) is 0 Å². The summed E-state index contributed by atoms with van der Waals surface area (Å²) < 4.78 is 2.23. The summed E-state index contributed by atoms with van der Waals surface area (Å²) >= 11 is 3.27. The highest BCUT2D eigenvalue weighted by Gasteiger charge is 2.14. The van der Waals surface area contributed by atoms with Crippen molar-refractivity contribution in [3.8, 4) is 0 Å². The van der Waals surface area contributed by atoms with E-state index in [0.29, 0.717) is 15.9 Å². The zero-order valence-corrected chi connectivity index (χ0v) is 10.1. The van der Waals surface area contributed by atoms with Gasteiger partial charge in [-0.25, -0.2) is 0 Å². The number of nitrogens with zero attached hydrogens (tertiary/aromatic N) is 3. The number of pyridine rings is 1. The van der Waals surface area contributed by atoms with Crippen molar-refractivity contribution < 1.29 is 4.79 Å².